The zero-order chi connectivity index (χ0) is 13.5. The molecule has 1 N–H and O–H groups in total. The van der Waals surface area contributed by atoms with Crippen molar-refractivity contribution in [1.82, 2.24) is 0 Å². The number of benzene rings is 1. The van der Waals surface area contributed by atoms with Crippen LogP contribution in [0.5, 0.6) is 5.75 Å². The minimum absolute atomic E-state index is 0.0638. The molecule has 0 spiro atoms. The Labute approximate surface area is 107 Å². The Morgan fingerprint density at radius 3 is 2.72 bits per heavy atom. The number of rotatable bonds is 3. The first-order chi connectivity index (χ1) is 8.39. The van der Waals surface area contributed by atoms with Gasteiger partial charge in [0.25, 0.3) is 0 Å². The molecular formula is C14H19NO3. The number of carbonyl (C=O) groups is 1. The average Bonchev–Trinajstić information content (AvgIpc) is 2.67. The van der Waals surface area contributed by atoms with Gasteiger partial charge >= 0.3 is 5.97 Å². The van der Waals surface area contributed by atoms with Crippen LogP contribution in [0.4, 0.5) is 5.69 Å². The van der Waals surface area contributed by atoms with Crippen LogP contribution >= 0.6 is 0 Å². The Balaban J connectivity index is 2.56. The zero-order valence-corrected chi connectivity index (χ0v) is 11.2. The topological polar surface area (TPSA) is 49.8 Å². The van der Waals surface area contributed by atoms with E-state index in [-0.39, 0.29) is 5.92 Å². The molecule has 4 nitrogen and oxygen atoms in total. The summed E-state index contributed by atoms with van der Waals surface area (Å²) in [5.74, 6) is -0.0676. The molecule has 0 fully saturated rings. The number of aliphatic carboxylic acids is 1. The summed E-state index contributed by atoms with van der Waals surface area (Å²) in [5, 5.41) is 9.42. The van der Waals surface area contributed by atoms with Gasteiger partial charge in [0.2, 0.25) is 0 Å². The highest BCUT2D eigenvalue weighted by Gasteiger charge is 2.44. The minimum Gasteiger partial charge on any atom is -0.496 e. The predicted octanol–water partition coefficient (Wildman–Crippen LogP) is 2.34. The van der Waals surface area contributed by atoms with Gasteiger partial charge in [-0.15, -0.1) is 0 Å². The summed E-state index contributed by atoms with van der Waals surface area (Å²) in [6.45, 7) is 4.25. The Morgan fingerprint density at radius 2 is 2.17 bits per heavy atom. The second-order valence-corrected chi connectivity index (χ2v) is 5.35. The van der Waals surface area contributed by atoms with Crippen LogP contribution < -0.4 is 9.64 Å². The third kappa shape index (κ3) is 1.72. The van der Waals surface area contributed by atoms with Crippen LogP contribution in [0.3, 0.4) is 0 Å². The lowest BCUT2D eigenvalue weighted by Gasteiger charge is -2.28. The largest absolute Gasteiger partial charge is 0.496 e. The Kier molecular flexibility index (Phi) is 2.97. The van der Waals surface area contributed by atoms with Crippen LogP contribution in [0.2, 0.25) is 0 Å². The fraction of sp³-hybridized carbons (Fsp3) is 0.500. The van der Waals surface area contributed by atoms with Gasteiger partial charge in [-0.1, -0.05) is 6.07 Å². The summed E-state index contributed by atoms with van der Waals surface area (Å²) >= 11 is 0. The summed E-state index contributed by atoms with van der Waals surface area (Å²) in [6.07, 6.45) is 0. The van der Waals surface area contributed by atoms with E-state index < -0.39 is 11.4 Å². The van der Waals surface area contributed by atoms with Gasteiger partial charge in [0.15, 0.2) is 0 Å². The molecule has 18 heavy (non-hydrogen) atoms. The van der Waals surface area contributed by atoms with Gasteiger partial charge < -0.3 is 14.7 Å². The Bertz CT molecular complexity index is 482. The number of fused-ring (bicyclic) bond motifs is 1. The van der Waals surface area contributed by atoms with E-state index in [0.717, 1.165) is 17.0 Å². The summed E-state index contributed by atoms with van der Waals surface area (Å²) in [6, 6.07) is 5.84. The highest BCUT2D eigenvalue weighted by Crippen LogP contribution is 2.49. The molecule has 1 heterocycles. The van der Waals surface area contributed by atoms with E-state index in [0.29, 0.717) is 6.54 Å². The van der Waals surface area contributed by atoms with Crippen LogP contribution in [-0.2, 0) is 4.79 Å². The molecule has 1 aliphatic heterocycles. The number of hydrogen-bond donors (Lipinski definition) is 1. The number of methoxy groups -OCH3 is 1. The van der Waals surface area contributed by atoms with Crippen molar-refractivity contribution in [2.75, 3.05) is 25.6 Å². The summed E-state index contributed by atoms with van der Waals surface area (Å²) in [4.78, 5) is 13.6. The van der Waals surface area contributed by atoms with Crippen LogP contribution in [0.25, 0.3) is 0 Å². The fourth-order valence-corrected chi connectivity index (χ4v) is 2.60. The summed E-state index contributed by atoms with van der Waals surface area (Å²) in [5.41, 5.74) is 1.26. The van der Waals surface area contributed by atoms with Crippen LogP contribution in [-0.4, -0.2) is 31.8 Å². The number of carboxylic acids is 1. The molecule has 2 rings (SSSR count). The fourth-order valence-electron chi connectivity index (χ4n) is 2.60. The molecule has 1 unspecified atom stereocenters. The molecule has 0 amide bonds. The molecular weight excluding hydrogens is 230 g/mol. The van der Waals surface area contributed by atoms with Crippen LogP contribution in [0.1, 0.15) is 25.3 Å². The summed E-state index contributed by atoms with van der Waals surface area (Å²) < 4.78 is 5.39. The first-order valence-corrected chi connectivity index (χ1v) is 6.01. The molecule has 1 aliphatic rings. The maximum absolute atomic E-state index is 11.5. The number of hydrogen-bond acceptors (Lipinski definition) is 3. The molecule has 0 saturated carbocycles. The first-order valence-electron chi connectivity index (χ1n) is 6.01. The Morgan fingerprint density at radius 1 is 1.50 bits per heavy atom. The maximum Gasteiger partial charge on any atom is 0.309 e. The van der Waals surface area contributed by atoms with Gasteiger partial charge in [0.1, 0.15) is 5.75 Å². The van der Waals surface area contributed by atoms with E-state index in [1.54, 1.807) is 21.0 Å². The molecule has 4 heteroatoms. The lowest BCUT2D eigenvalue weighted by molar-refractivity contribution is -0.148. The van der Waals surface area contributed by atoms with Gasteiger partial charge in [-0.3, -0.25) is 4.79 Å². The van der Waals surface area contributed by atoms with Crippen LogP contribution in [0, 0.1) is 5.41 Å². The SMILES string of the molecule is COc1cccc2c1C(C(C)(C)C(=O)O)CN2C. The lowest BCUT2D eigenvalue weighted by Crippen LogP contribution is -2.34. The van der Waals surface area contributed by atoms with E-state index in [1.165, 1.54) is 0 Å². The second kappa shape index (κ2) is 4.19. The van der Waals surface area contributed by atoms with E-state index in [2.05, 4.69) is 4.90 Å². The minimum atomic E-state index is -0.811. The number of anilines is 1. The van der Waals surface area contributed by atoms with Gasteiger partial charge in [0.05, 0.1) is 12.5 Å². The highest BCUT2D eigenvalue weighted by molar-refractivity contribution is 5.78. The standard InChI is InChI=1S/C14H19NO3/c1-14(2,13(16)17)9-8-15(3)10-6-5-7-11(18-4)12(9)10/h5-7,9H,8H2,1-4H3,(H,16,17). The lowest BCUT2D eigenvalue weighted by atomic mass is 9.75. The second-order valence-electron chi connectivity index (χ2n) is 5.35. The number of likely N-dealkylation sites (N-methyl/N-ethyl adjacent to an activating group) is 1. The predicted molar refractivity (Wildman–Crippen MR) is 70.4 cm³/mol. The van der Waals surface area contributed by atoms with E-state index >= 15 is 0 Å². The highest BCUT2D eigenvalue weighted by atomic mass is 16.5. The maximum atomic E-state index is 11.5. The number of ether oxygens (including phenoxy) is 1. The monoisotopic (exact) mass is 249 g/mol. The van der Waals surface area contributed by atoms with Crippen molar-refractivity contribution in [3.05, 3.63) is 23.8 Å². The van der Waals surface area contributed by atoms with Crippen molar-refractivity contribution in [2.24, 2.45) is 5.41 Å². The third-order valence-corrected chi connectivity index (χ3v) is 3.90. The Hall–Kier alpha value is -1.71. The van der Waals surface area contributed by atoms with Crippen molar-refractivity contribution in [1.29, 1.82) is 0 Å². The molecule has 1 aromatic rings. The van der Waals surface area contributed by atoms with Crippen molar-refractivity contribution in [2.45, 2.75) is 19.8 Å². The van der Waals surface area contributed by atoms with Crippen molar-refractivity contribution >= 4 is 11.7 Å². The molecule has 0 radical (unpaired) electrons. The summed E-state index contributed by atoms with van der Waals surface area (Å²) in [7, 11) is 3.61. The molecule has 0 bridgehead atoms. The number of nitrogens with zero attached hydrogens (tertiary/aromatic N) is 1. The molecule has 0 aliphatic carbocycles. The molecule has 1 aromatic carbocycles. The zero-order valence-electron chi connectivity index (χ0n) is 11.2. The molecule has 0 saturated heterocycles. The van der Waals surface area contributed by atoms with E-state index in [1.807, 2.05) is 25.2 Å². The molecule has 0 aromatic heterocycles. The quantitative estimate of drug-likeness (QED) is 0.893. The van der Waals surface area contributed by atoms with Gasteiger partial charge in [-0.05, 0) is 26.0 Å². The normalized spacial score (nSPS) is 18.7. The van der Waals surface area contributed by atoms with Gasteiger partial charge in [-0.2, -0.15) is 0 Å². The average molecular weight is 249 g/mol. The third-order valence-electron chi connectivity index (χ3n) is 3.90. The van der Waals surface area contributed by atoms with Crippen molar-refractivity contribution in [3.8, 4) is 5.75 Å². The van der Waals surface area contributed by atoms with Crippen LogP contribution in [0.15, 0.2) is 18.2 Å². The van der Waals surface area contributed by atoms with Crippen molar-refractivity contribution in [3.63, 3.8) is 0 Å². The van der Waals surface area contributed by atoms with E-state index in [9.17, 15) is 9.90 Å². The van der Waals surface area contributed by atoms with E-state index in [4.69, 9.17) is 4.74 Å². The van der Waals surface area contributed by atoms with Gasteiger partial charge in [-0.25, -0.2) is 0 Å². The van der Waals surface area contributed by atoms with Gasteiger partial charge in [0, 0.05) is 30.8 Å². The first kappa shape index (κ1) is 12.7. The number of carboxylic acid groups (broad SMARTS) is 1. The smallest absolute Gasteiger partial charge is 0.309 e. The van der Waals surface area contributed by atoms with Crippen molar-refractivity contribution < 1.29 is 14.6 Å². The molecule has 1 atom stereocenters. The molecule has 98 valence electrons.